The van der Waals surface area contributed by atoms with Gasteiger partial charge >= 0.3 is 0 Å². The summed E-state index contributed by atoms with van der Waals surface area (Å²) in [4.78, 5) is 4.97. The van der Waals surface area contributed by atoms with E-state index in [1.807, 2.05) is 24.3 Å². The monoisotopic (exact) mass is 277 g/mol. The van der Waals surface area contributed by atoms with Gasteiger partial charge in [0.05, 0.1) is 6.61 Å². The number of unbranched alkanes of at least 4 members (excludes halogenated alkanes) is 2. The summed E-state index contributed by atoms with van der Waals surface area (Å²) in [6.07, 6.45) is 3.63. The zero-order valence-electron chi connectivity index (χ0n) is 12.6. The SMILES string of the molecule is CN1CCN(CCCCCOc2ccc(N)cc2)CC1. The number of ether oxygens (including phenoxy) is 1. The Morgan fingerprint density at radius 3 is 2.40 bits per heavy atom. The van der Waals surface area contributed by atoms with Crippen molar-refractivity contribution in [2.45, 2.75) is 19.3 Å². The Balaban J connectivity index is 1.48. The Kier molecular flexibility index (Phi) is 6.15. The van der Waals surface area contributed by atoms with Crippen molar-refractivity contribution in [3.8, 4) is 5.75 Å². The molecule has 1 aliphatic heterocycles. The summed E-state index contributed by atoms with van der Waals surface area (Å²) in [7, 11) is 2.20. The number of benzene rings is 1. The highest BCUT2D eigenvalue weighted by Gasteiger charge is 2.12. The average Bonchev–Trinajstić information content (AvgIpc) is 2.46. The van der Waals surface area contributed by atoms with Crippen LogP contribution in [0.4, 0.5) is 5.69 Å². The number of nitrogen functional groups attached to an aromatic ring is 1. The van der Waals surface area contributed by atoms with Gasteiger partial charge in [-0.15, -0.1) is 0 Å². The quantitative estimate of drug-likeness (QED) is 0.612. The van der Waals surface area contributed by atoms with Gasteiger partial charge in [0.25, 0.3) is 0 Å². The van der Waals surface area contributed by atoms with Crippen molar-refractivity contribution < 1.29 is 4.74 Å². The van der Waals surface area contributed by atoms with Crippen molar-refractivity contribution in [1.29, 1.82) is 0 Å². The molecule has 0 spiro atoms. The van der Waals surface area contributed by atoms with Gasteiger partial charge in [0, 0.05) is 31.9 Å². The van der Waals surface area contributed by atoms with Crippen LogP contribution in [0.3, 0.4) is 0 Å². The minimum absolute atomic E-state index is 0.782. The molecule has 0 radical (unpaired) electrons. The zero-order valence-corrected chi connectivity index (χ0v) is 12.6. The fourth-order valence-corrected chi connectivity index (χ4v) is 2.44. The van der Waals surface area contributed by atoms with Crippen molar-refractivity contribution >= 4 is 5.69 Å². The number of rotatable bonds is 7. The van der Waals surface area contributed by atoms with Gasteiger partial charge in [0.15, 0.2) is 0 Å². The molecule has 1 aromatic carbocycles. The summed E-state index contributed by atoms with van der Waals surface area (Å²) in [5.74, 6) is 0.915. The summed E-state index contributed by atoms with van der Waals surface area (Å²) in [5, 5.41) is 0. The zero-order chi connectivity index (χ0) is 14.2. The second-order valence-electron chi connectivity index (χ2n) is 5.62. The third-order valence-corrected chi connectivity index (χ3v) is 3.86. The largest absolute Gasteiger partial charge is 0.494 e. The van der Waals surface area contributed by atoms with Crippen molar-refractivity contribution in [2.75, 3.05) is 52.1 Å². The molecule has 0 amide bonds. The highest BCUT2D eigenvalue weighted by Crippen LogP contribution is 2.13. The molecule has 4 heteroatoms. The Morgan fingerprint density at radius 1 is 1.00 bits per heavy atom. The Hall–Kier alpha value is -1.26. The standard InChI is InChI=1S/C16H27N3O/c1-18-10-12-19(13-11-18)9-3-2-4-14-20-16-7-5-15(17)6-8-16/h5-8H,2-4,9-14,17H2,1H3. The van der Waals surface area contributed by atoms with Crippen LogP contribution in [0.15, 0.2) is 24.3 Å². The Morgan fingerprint density at radius 2 is 1.70 bits per heavy atom. The predicted molar refractivity (Wildman–Crippen MR) is 84.1 cm³/mol. The lowest BCUT2D eigenvalue weighted by Gasteiger charge is -2.32. The fourth-order valence-electron chi connectivity index (χ4n) is 2.44. The van der Waals surface area contributed by atoms with Crippen molar-refractivity contribution in [3.05, 3.63) is 24.3 Å². The summed E-state index contributed by atoms with van der Waals surface area (Å²) in [6, 6.07) is 7.62. The molecular weight excluding hydrogens is 250 g/mol. The topological polar surface area (TPSA) is 41.7 Å². The Bertz CT molecular complexity index is 372. The van der Waals surface area contributed by atoms with E-state index in [-0.39, 0.29) is 0 Å². The third-order valence-electron chi connectivity index (χ3n) is 3.86. The van der Waals surface area contributed by atoms with Gasteiger partial charge in [0.2, 0.25) is 0 Å². The van der Waals surface area contributed by atoms with Crippen LogP contribution in [0.2, 0.25) is 0 Å². The first-order chi connectivity index (χ1) is 9.74. The fraction of sp³-hybridized carbons (Fsp3) is 0.625. The average molecular weight is 277 g/mol. The predicted octanol–water partition coefficient (Wildman–Crippen LogP) is 2.07. The van der Waals surface area contributed by atoms with Gasteiger partial charge in [-0.25, -0.2) is 0 Å². The van der Waals surface area contributed by atoms with E-state index in [0.717, 1.165) is 24.5 Å². The number of anilines is 1. The minimum Gasteiger partial charge on any atom is -0.494 e. The molecule has 1 aliphatic rings. The molecule has 0 bridgehead atoms. The van der Waals surface area contributed by atoms with E-state index in [9.17, 15) is 0 Å². The van der Waals surface area contributed by atoms with Gasteiger partial charge < -0.3 is 20.3 Å². The van der Waals surface area contributed by atoms with Gasteiger partial charge in [0.1, 0.15) is 5.75 Å². The second-order valence-corrected chi connectivity index (χ2v) is 5.62. The number of likely N-dealkylation sites (N-methyl/N-ethyl adjacent to an activating group) is 1. The molecule has 1 fully saturated rings. The number of piperazine rings is 1. The molecule has 0 unspecified atom stereocenters. The normalized spacial score (nSPS) is 17.2. The van der Waals surface area contributed by atoms with Crippen LogP contribution in [-0.4, -0.2) is 56.2 Å². The molecule has 20 heavy (non-hydrogen) atoms. The molecule has 2 N–H and O–H groups in total. The lowest BCUT2D eigenvalue weighted by atomic mass is 10.2. The molecule has 1 heterocycles. The van der Waals surface area contributed by atoms with Crippen LogP contribution >= 0.6 is 0 Å². The van der Waals surface area contributed by atoms with Crippen LogP contribution in [0.25, 0.3) is 0 Å². The van der Waals surface area contributed by atoms with Crippen molar-refractivity contribution in [2.24, 2.45) is 0 Å². The van der Waals surface area contributed by atoms with E-state index in [2.05, 4.69) is 16.8 Å². The number of hydrogen-bond acceptors (Lipinski definition) is 4. The van der Waals surface area contributed by atoms with Gasteiger partial charge in [-0.1, -0.05) is 0 Å². The van der Waals surface area contributed by atoms with Gasteiger partial charge in [-0.2, -0.15) is 0 Å². The summed E-state index contributed by atoms with van der Waals surface area (Å²) in [5.41, 5.74) is 6.42. The number of nitrogens with zero attached hydrogens (tertiary/aromatic N) is 2. The molecule has 1 aromatic rings. The molecule has 2 rings (SSSR count). The van der Waals surface area contributed by atoms with E-state index in [0.29, 0.717) is 0 Å². The first-order valence-electron chi connectivity index (χ1n) is 7.63. The van der Waals surface area contributed by atoms with E-state index in [1.54, 1.807) is 0 Å². The highest BCUT2D eigenvalue weighted by molar-refractivity contribution is 5.41. The maximum Gasteiger partial charge on any atom is 0.119 e. The van der Waals surface area contributed by atoms with Crippen molar-refractivity contribution in [1.82, 2.24) is 9.80 Å². The highest BCUT2D eigenvalue weighted by atomic mass is 16.5. The first kappa shape index (κ1) is 15.1. The molecule has 0 aromatic heterocycles. The van der Waals surface area contributed by atoms with E-state index in [1.165, 1.54) is 45.6 Å². The lowest BCUT2D eigenvalue weighted by molar-refractivity contribution is 0.151. The smallest absolute Gasteiger partial charge is 0.119 e. The minimum atomic E-state index is 0.782. The number of hydrogen-bond donors (Lipinski definition) is 1. The third kappa shape index (κ3) is 5.39. The molecule has 112 valence electrons. The van der Waals surface area contributed by atoms with Gasteiger partial charge in [-0.3, -0.25) is 0 Å². The molecule has 0 atom stereocenters. The van der Waals surface area contributed by atoms with Crippen molar-refractivity contribution in [3.63, 3.8) is 0 Å². The summed E-state index contributed by atoms with van der Waals surface area (Å²) >= 11 is 0. The van der Waals surface area contributed by atoms with Gasteiger partial charge in [-0.05, 0) is 57.1 Å². The van der Waals surface area contributed by atoms with Crippen LogP contribution in [-0.2, 0) is 0 Å². The lowest BCUT2D eigenvalue weighted by Crippen LogP contribution is -2.44. The molecule has 4 nitrogen and oxygen atoms in total. The maximum atomic E-state index is 5.69. The van der Waals surface area contributed by atoms with Crippen LogP contribution in [0.5, 0.6) is 5.75 Å². The molecule has 0 aliphatic carbocycles. The van der Waals surface area contributed by atoms with Crippen LogP contribution in [0, 0.1) is 0 Å². The van der Waals surface area contributed by atoms with Crippen LogP contribution in [0.1, 0.15) is 19.3 Å². The Labute approximate surface area is 122 Å². The van der Waals surface area contributed by atoms with Crippen LogP contribution < -0.4 is 10.5 Å². The maximum absolute atomic E-state index is 5.69. The van der Waals surface area contributed by atoms with E-state index >= 15 is 0 Å². The second kappa shape index (κ2) is 8.12. The summed E-state index contributed by atoms with van der Waals surface area (Å²) < 4.78 is 5.69. The van der Waals surface area contributed by atoms with E-state index in [4.69, 9.17) is 10.5 Å². The first-order valence-corrected chi connectivity index (χ1v) is 7.63. The molecule has 0 saturated carbocycles. The molecular formula is C16H27N3O. The van der Waals surface area contributed by atoms with E-state index < -0.39 is 0 Å². The molecule has 1 saturated heterocycles. The number of nitrogens with two attached hydrogens (primary N) is 1. The summed E-state index contributed by atoms with van der Waals surface area (Å²) in [6.45, 7) is 6.89.